The lowest BCUT2D eigenvalue weighted by Gasteiger charge is -2.29. The minimum Gasteiger partial charge on any atom is -0.497 e. The molecule has 1 amide bonds. The molecule has 0 fully saturated rings. The van der Waals surface area contributed by atoms with Gasteiger partial charge < -0.3 is 4.74 Å². The molecule has 0 aliphatic carbocycles. The second kappa shape index (κ2) is 6.07. The van der Waals surface area contributed by atoms with Crippen molar-refractivity contribution >= 4 is 21.8 Å². The minimum absolute atomic E-state index is 0.214. The van der Waals surface area contributed by atoms with E-state index in [1.54, 1.807) is 69.7 Å². The van der Waals surface area contributed by atoms with E-state index in [1.165, 1.54) is 9.31 Å². The third-order valence-electron chi connectivity index (χ3n) is 4.59. The predicted molar refractivity (Wildman–Crippen MR) is 97.8 cm³/mol. The molecule has 0 spiro atoms. The van der Waals surface area contributed by atoms with Crippen LogP contribution in [0.25, 0.3) is 0 Å². The first-order chi connectivity index (χ1) is 12.9. The van der Waals surface area contributed by atoms with E-state index in [2.05, 4.69) is 5.10 Å². The molecule has 0 aromatic heterocycles. The van der Waals surface area contributed by atoms with E-state index in [9.17, 15) is 13.2 Å². The van der Waals surface area contributed by atoms with Crippen molar-refractivity contribution in [1.82, 2.24) is 9.31 Å². The van der Waals surface area contributed by atoms with Crippen molar-refractivity contribution in [1.29, 1.82) is 0 Å². The van der Waals surface area contributed by atoms with E-state index in [4.69, 9.17) is 4.74 Å². The van der Waals surface area contributed by atoms with Crippen LogP contribution in [-0.2, 0) is 10.0 Å². The van der Waals surface area contributed by atoms with Crippen LogP contribution in [-0.4, -0.2) is 57.0 Å². The Morgan fingerprint density at radius 1 is 1.11 bits per heavy atom. The second-order valence-electron chi connectivity index (χ2n) is 6.55. The Morgan fingerprint density at radius 2 is 1.78 bits per heavy atom. The van der Waals surface area contributed by atoms with Crippen LogP contribution in [0.5, 0.6) is 5.75 Å². The van der Waals surface area contributed by atoms with E-state index < -0.39 is 16.3 Å². The van der Waals surface area contributed by atoms with Crippen LogP contribution in [0, 0.1) is 0 Å². The van der Waals surface area contributed by atoms with Gasteiger partial charge in [-0.1, -0.05) is 12.1 Å². The number of nitrogens with one attached hydrogen (secondary N) is 1. The fourth-order valence-electron chi connectivity index (χ4n) is 3.32. The van der Waals surface area contributed by atoms with Crippen LogP contribution in [0.3, 0.4) is 0 Å². The Labute approximate surface area is 157 Å². The average Bonchev–Trinajstić information content (AvgIpc) is 3.17. The van der Waals surface area contributed by atoms with Crippen LogP contribution in [0.4, 0.5) is 0 Å². The second-order valence-corrected chi connectivity index (χ2v) is 8.33. The fraction of sp³-hybridized carbons (Fsp3) is 0.222. The van der Waals surface area contributed by atoms with E-state index in [0.29, 0.717) is 16.9 Å². The third kappa shape index (κ3) is 2.50. The number of fused-ring (bicyclic) bond motifs is 3. The number of quaternary nitrogens is 1. The molecule has 2 heterocycles. The highest BCUT2D eigenvalue weighted by molar-refractivity contribution is 7.90. The number of hydrogen-bond acceptors (Lipinski definition) is 5. The number of carbonyl (C=O) groups excluding carboxylic acids is 1. The number of nitrogens with zero attached hydrogens (tertiary/aromatic N) is 3. The van der Waals surface area contributed by atoms with Gasteiger partial charge in [0, 0.05) is 11.1 Å². The Bertz CT molecular complexity index is 1050. The minimum atomic E-state index is -3.77. The Morgan fingerprint density at radius 3 is 2.41 bits per heavy atom. The number of hydrogen-bond donors (Lipinski definition) is 1. The van der Waals surface area contributed by atoms with Crippen LogP contribution < -0.4 is 9.64 Å². The number of methoxy groups -OCH3 is 1. The van der Waals surface area contributed by atoms with Gasteiger partial charge in [0.05, 0.1) is 26.1 Å². The zero-order valence-electron chi connectivity index (χ0n) is 15.1. The van der Waals surface area contributed by atoms with Crippen molar-refractivity contribution in [2.45, 2.75) is 11.2 Å². The van der Waals surface area contributed by atoms with Crippen molar-refractivity contribution in [3.8, 4) is 5.75 Å². The van der Waals surface area contributed by atoms with Crippen molar-refractivity contribution in [3.05, 3.63) is 59.7 Å². The lowest BCUT2D eigenvalue weighted by molar-refractivity contribution is -0.904. The number of ether oxygens (including phenoxy) is 1. The number of sulfonamides is 1. The molecule has 4 rings (SSSR count). The summed E-state index contributed by atoms with van der Waals surface area (Å²) in [7, 11) is 1.35. The van der Waals surface area contributed by atoms with Gasteiger partial charge in [0.25, 0.3) is 22.2 Å². The van der Waals surface area contributed by atoms with Crippen molar-refractivity contribution in [2.24, 2.45) is 5.10 Å². The van der Waals surface area contributed by atoms with Crippen LogP contribution in [0.15, 0.2) is 58.5 Å². The number of amidine groups is 1. The summed E-state index contributed by atoms with van der Waals surface area (Å²) in [6.45, 7) is 0. The lowest BCUT2D eigenvalue weighted by Crippen LogP contribution is -3.13. The molecular weight excluding hydrogens is 368 g/mol. The maximum atomic E-state index is 13.1. The van der Waals surface area contributed by atoms with E-state index in [0.717, 1.165) is 4.90 Å². The van der Waals surface area contributed by atoms with Gasteiger partial charge in [0.2, 0.25) is 0 Å². The number of carbonyl (C=O) groups is 1. The van der Waals surface area contributed by atoms with Gasteiger partial charge in [-0.3, -0.25) is 9.69 Å². The molecule has 27 heavy (non-hydrogen) atoms. The fourth-order valence-corrected chi connectivity index (χ4v) is 5.14. The topological polar surface area (TPSA) is 83.7 Å². The highest BCUT2D eigenvalue weighted by Crippen LogP contribution is 2.36. The number of rotatable bonds is 3. The van der Waals surface area contributed by atoms with E-state index in [1.807, 2.05) is 0 Å². The average molecular weight is 387 g/mol. The highest BCUT2D eigenvalue weighted by Gasteiger charge is 2.54. The van der Waals surface area contributed by atoms with Gasteiger partial charge in [-0.2, -0.15) is 9.31 Å². The molecule has 0 bridgehead atoms. The molecule has 140 valence electrons. The summed E-state index contributed by atoms with van der Waals surface area (Å²) < 4.78 is 32.4. The highest BCUT2D eigenvalue weighted by atomic mass is 32.2. The SMILES string of the molecule is COc1ccc(C(=O)N2N=C3c4ccccc4S(=O)(=O)N3[C@H]2[NH+](C)C)cc1. The van der Waals surface area contributed by atoms with E-state index in [-0.39, 0.29) is 16.6 Å². The van der Waals surface area contributed by atoms with Crippen LogP contribution >= 0.6 is 0 Å². The molecule has 8 nitrogen and oxygen atoms in total. The molecule has 0 saturated heterocycles. The monoisotopic (exact) mass is 387 g/mol. The van der Waals surface area contributed by atoms with Crippen molar-refractivity contribution in [3.63, 3.8) is 0 Å². The summed E-state index contributed by atoms with van der Waals surface area (Å²) in [4.78, 5) is 14.0. The zero-order valence-corrected chi connectivity index (χ0v) is 15.9. The van der Waals surface area contributed by atoms with Gasteiger partial charge in [-0.25, -0.2) is 8.42 Å². The van der Waals surface area contributed by atoms with Crippen molar-refractivity contribution < 1.29 is 22.8 Å². The Balaban J connectivity index is 1.81. The summed E-state index contributed by atoms with van der Waals surface area (Å²) in [6, 6.07) is 13.3. The normalized spacial score (nSPS) is 19.7. The lowest BCUT2D eigenvalue weighted by atomic mass is 10.2. The van der Waals surface area contributed by atoms with Gasteiger partial charge in [-0.15, -0.1) is 5.10 Å². The molecule has 1 N–H and O–H groups in total. The Kier molecular flexibility index (Phi) is 3.93. The standard InChI is InChI=1S/C18H18N4O4S/c1-20(2)18-21(17(23)12-8-10-13(26-3)11-9-12)19-16-14-6-4-5-7-15(14)27(24,25)22(16)18/h4-11,18H,1-3H3/p+1/t18-/m0/s1. The Hall–Kier alpha value is -2.91. The maximum Gasteiger partial charge on any atom is 0.281 e. The van der Waals surface area contributed by atoms with Crippen LogP contribution in [0.1, 0.15) is 15.9 Å². The van der Waals surface area contributed by atoms with Gasteiger partial charge in [-0.05, 0) is 36.4 Å². The van der Waals surface area contributed by atoms with Gasteiger partial charge in [0.1, 0.15) is 5.75 Å². The molecule has 0 saturated carbocycles. The molecule has 9 heteroatoms. The van der Waals surface area contributed by atoms with Crippen molar-refractivity contribution in [2.75, 3.05) is 21.2 Å². The first-order valence-corrected chi connectivity index (χ1v) is 9.80. The molecule has 0 unspecified atom stereocenters. The first-order valence-electron chi connectivity index (χ1n) is 8.36. The molecule has 2 aromatic rings. The maximum absolute atomic E-state index is 13.1. The summed E-state index contributed by atoms with van der Waals surface area (Å²) >= 11 is 0. The molecule has 1 atom stereocenters. The molecular formula is C18H19N4O4S+. The van der Waals surface area contributed by atoms with Crippen LogP contribution in [0.2, 0.25) is 0 Å². The van der Waals surface area contributed by atoms with Gasteiger partial charge >= 0.3 is 0 Å². The molecule has 2 aromatic carbocycles. The molecule has 2 aliphatic rings. The quantitative estimate of drug-likeness (QED) is 0.800. The molecule has 0 radical (unpaired) electrons. The van der Waals surface area contributed by atoms with Gasteiger partial charge in [0.15, 0.2) is 5.84 Å². The number of hydrazone groups is 1. The summed E-state index contributed by atoms with van der Waals surface area (Å²) in [5.41, 5.74) is 0.909. The largest absolute Gasteiger partial charge is 0.497 e. The number of amides is 1. The first kappa shape index (κ1) is 17.5. The summed E-state index contributed by atoms with van der Waals surface area (Å²) in [6.07, 6.45) is -0.799. The smallest absolute Gasteiger partial charge is 0.281 e. The van der Waals surface area contributed by atoms with E-state index >= 15 is 0 Å². The number of benzene rings is 2. The predicted octanol–water partition coefficient (Wildman–Crippen LogP) is -0.0548. The summed E-state index contributed by atoms with van der Waals surface area (Å²) in [5.74, 6) is 0.531. The molecule has 2 aliphatic heterocycles. The summed E-state index contributed by atoms with van der Waals surface area (Å²) in [5, 5.41) is 5.64. The third-order valence-corrected chi connectivity index (χ3v) is 6.39. The zero-order chi connectivity index (χ0) is 19.3.